The molecule has 0 spiro atoms. The zero-order valence-corrected chi connectivity index (χ0v) is 33.3. The van der Waals surface area contributed by atoms with Crippen LogP contribution >= 0.6 is 0 Å². The molecule has 0 radical (unpaired) electrons. The van der Waals surface area contributed by atoms with Crippen LogP contribution in [0.5, 0.6) is 0 Å². The fourth-order valence-electron chi connectivity index (χ4n) is 8.53. The molecule has 262 valence electrons. The second-order valence-electron chi connectivity index (χ2n) is 16.2. The molecule has 44 heavy (non-hydrogen) atoms. The molecule has 0 aliphatic heterocycles. The Morgan fingerprint density at radius 1 is 0.818 bits per heavy atom. The molecule has 8 unspecified atom stereocenters. The van der Waals surface area contributed by atoms with Crippen LogP contribution in [0, 0.1) is 35.0 Å². The van der Waals surface area contributed by atoms with Crippen LogP contribution in [0.4, 0.5) is 0 Å². The highest BCUT2D eigenvalue weighted by Gasteiger charge is 2.39. The normalized spacial score (nSPS) is 19.0. The number of rotatable bonds is 24. The maximum Gasteiger partial charge on any atom is 0.0149 e. The minimum Gasteiger partial charge on any atom is -0.300 e. The Balaban J connectivity index is 6.51. The third-order valence-electron chi connectivity index (χ3n) is 11.3. The second kappa shape index (κ2) is 22.8. The summed E-state index contributed by atoms with van der Waals surface area (Å²) in [6.45, 7) is 37.9. The molecule has 8 atom stereocenters. The molecule has 0 aromatic carbocycles. The van der Waals surface area contributed by atoms with E-state index in [1.165, 1.54) is 70.8 Å². The molecule has 0 amide bonds. The molecule has 2 nitrogen and oxygen atoms in total. The molecule has 0 saturated carbocycles. The van der Waals surface area contributed by atoms with Crippen molar-refractivity contribution in [3.05, 3.63) is 23.8 Å². The van der Waals surface area contributed by atoms with Crippen LogP contribution in [0.1, 0.15) is 174 Å². The molecule has 0 aliphatic rings. The van der Waals surface area contributed by atoms with E-state index in [9.17, 15) is 0 Å². The van der Waals surface area contributed by atoms with Crippen molar-refractivity contribution in [1.29, 1.82) is 0 Å². The van der Waals surface area contributed by atoms with E-state index in [0.29, 0.717) is 36.0 Å². The summed E-state index contributed by atoms with van der Waals surface area (Å²) in [7, 11) is 2.49. The van der Waals surface area contributed by atoms with Gasteiger partial charge in [0.25, 0.3) is 0 Å². The SMILES string of the molecule is C/C=C\C=C(/CC)CC(C(C)C(CC)N(CCCC)C(C)CC(CC)C(C(C)CC)N(C)C(CCC)CC(C)C)C(C)(C)C. The van der Waals surface area contributed by atoms with Crippen LogP contribution in [0.25, 0.3) is 0 Å². The summed E-state index contributed by atoms with van der Waals surface area (Å²) in [5.41, 5.74) is 1.88. The third kappa shape index (κ3) is 14.4. The Morgan fingerprint density at radius 2 is 1.45 bits per heavy atom. The van der Waals surface area contributed by atoms with Crippen LogP contribution in [-0.2, 0) is 0 Å². The Morgan fingerprint density at radius 3 is 1.89 bits per heavy atom. The van der Waals surface area contributed by atoms with E-state index in [1.54, 1.807) is 5.57 Å². The van der Waals surface area contributed by atoms with Crippen LogP contribution < -0.4 is 0 Å². The molecular weight excluding hydrogens is 532 g/mol. The van der Waals surface area contributed by atoms with Crippen molar-refractivity contribution in [2.45, 2.75) is 199 Å². The number of nitrogens with zero attached hydrogens (tertiary/aromatic N) is 2. The Bertz CT molecular complexity index is 758. The van der Waals surface area contributed by atoms with Crippen LogP contribution in [0.3, 0.4) is 0 Å². The molecule has 0 heterocycles. The molecule has 0 bridgehead atoms. The lowest BCUT2D eigenvalue weighted by atomic mass is 9.67. The zero-order valence-electron chi connectivity index (χ0n) is 33.3. The summed E-state index contributed by atoms with van der Waals surface area (Å²) >= 11 is 0. The lowest BCUT2D eigenvalue weighted by molar-refractivity contribution is 0.0144. The smallest absolute Gasteiger partial charge is 0.0149 e. The minimum absolute atomic E-state index is 0.276. The van der Waals surface area contributed by atoms with E-state index < -0.39 is 0 Å². The van der Waals surface area contributed by atoms with Crippen molar-refractivity contribution in [3.63, 3.8) is 0 Å². The fourth-order valence-corrected chi connectivity index (χ4v) is 8.53. The van der Waals surface area contributed by atoms with Gasteiger partial charge in [-0.25, -0.2) is 0 Å². The van der Waals surface area contributed by atoms with E-state index >= 15 is 0 Å². The van der Waals surface area contributed by atoms with Gasteiger partial charge in [0.2, 0.25) is 0 Å². The average molecular weight is 617 g/mol. The van der Waals surface area contributed by atoms with Gasteiger partial charge in [-0.1, -0.05) is 139 Å². The van der Waals surface area contributed by atoms with Gasteiger partial charge < -0.3 is 0 Å². The highest BCUT2D eigenvalue weighted by Crippen LogP contribution is 2.42. The molecular formula is C42H84N2. The molecule has 0 rings (SSSR count). The van der Waals surface area contributed by atoms with E-state index in [4.69, 9.17) is 0 Å². The van der Waals surface area contributed by atoms with Crippen molar-refractivity contribution >= 4 is 0 Å². The summed E-state index contributed by atoms with van der Waals surface area (Å²) < 4.78 is 0. The minimum atomic E-state index is 0.276. The Kier molecular flexibility index (Phi) is 22.5. The van der Waals surface area contributed by atoms with Gasteiger partial charge in [0.15, 0.2) is 0 Å². The lowest BCUT2D eigenvalue weighted by Gasteiger charge is -2.48. The fraction of sp³-hybridized carbons (Fsp3) is 0.905. The first-order chi connectivity index (χ1) is 20.7. The summed E-state index contributed by atoms with van der Waals surface area (Å²) in [6.07, 6.45) is 20.8. The zero-order chi connectivity index (χ0) is 34.0. The van der Waals surface area contributed by atoms with Crippen LogP contribution in [-0.4, -0.2) is 47.6 Å². The van der Waals surface area contributed by atoms with Crippen molar-refractivity contribution in [2.24, 2.45) is 35.0 Å². The molecule has 2 heteroatoms. The summed E-state index contributed by atoms with van der Waals surface area (Å²) in [6, 6.07) is 2.56. The molecule has 0 N–H and O–H groups in total. The van der Waals surface area contributed by atoms with Crippen LogP contribution in [0.15, 0.2) is 23.8 Å². The summed E-state index contributed by atoms with van der Waals surface area (Å²) in [4.78, 5) is 5.87. The maximum atomic E-state index is 3.00. The molecule has 0 aromatic rings. The topological polar surface area (TPSA) is 6.48 Å². The second-order valence-corrected chi connectivity index (χ2v) is 16.2. The van der Waals surface area contributed by atoms with E-state index in [2.05, 4.69) is 139 Å². The van der Waals surface area contributed by atoms with Gasteiger partial charge in [0, 0.05) is 24.2 Å². The van der Waals surface area contributed by atoms with Crippen LogP contribution in [0.2, 0.25) is 0 Å². The first-order valence-corrected chi connectivity index (χ1v) is 19.5. The van der Waals surface area contributed by atoms with Crippen molar-refractivity contribution in [1.82, 2.24) is 9.80 Å². The van der Waals surface area contributed by atoms with Gasteiger partial charge in [-0.2, -0.15) is 0 Å². The van der Waals surface area contributed by atoms with E-state index in [1.807, 2.05) is 0 Å². The molecule has 0 aliphatic carbocycles. The van der Waals surface area contributed by atoms with E-state index in [-0.39, 0.29) is 5.41 Å². The lowest BCUT2D eigenvalue weighted by Crippen LogP contribution is -2.52. The van der Waals surface area contributed by atoms with Gasteiger partial charge in [-0.15, -0.1) is 0 Å². The largest absolute Gasteiger partial charge is 0.300 e. The quantitative estimate of drug-likeness (QED) is 0.0995. The first-order valence-electron chi connectivity index (χ1n) is 19.5. The Labute approximate surface area is 280 Å². The number of unbranched alkanes of at least 4 members (excludes halogenated alkanes) is 1. The monoisotopic (exact) mass is 617 g/mol. The standard InChI is InChI=1S/C42H84N2/c1-17-24-27-36(21-5)31-39(42(13,14)15)35(12)40(23-7)44(28-25-18-2)34(11)30-37(22-6)41(33(10)20-4)43(16)38(26-19-3)29-32(8)9/h17,24,27,32-35,37-41H,18-23,25-26,28-31H2,1-16H3/b24-17-,36-27+. The molecule has 0 aromatic heterocycles. The molecule has 0 fully saturated rings. The summed E-state index contributed by atoms with van der Waals surface area (Å²) in [5, 5.41) is 0. The van der Waals surface area contributed by atoms with Crippen molar-refractivity contribution in [3.8, 4) is 0 Å². The first kappa shape index (κ1) is 43.4. The van der Waals surface area contributed by atoms with Gasteiger partial charge in [-0.3, -0.25) is 9.80 Å². The van der Waals surface area contributed by atoms with Gasteiger partial charge in [-0.05, 0) is 107 Å². The maximum absolute atomic E-state index is 3.00. The highest BCUT2D eigenvalue weighted by molar-refractivity contribution is 5.13. The van der Waals surface area contributed by atoms with Crippen molar-refractivity contribution < 1.29 is 0 Å². The van der Waals surface area contributed by atoms with Gasteiger partial charge >= 0.3 is 0 Å². The van der Waals surface area contributed by atoms with Gasteiger partial charge in [0.1, 0.15) is 0 Å². The van der Waals surface area contributed by atoms with Gasteiger partial charge in [0.05, 0.1) is 0 Å². The molecule has 0 saturated heterocycles. The summed E-state index contributed by atoms with van der Waals surface area (Å²) in [5.74, 6) is 3.50. The third-order valence-corrected chi connectivity index (χ3v) is 11.3. The number of hydrogen-bond acceptors (Lipinski definition) is 2. The number of hydrogen-bond donors (Lipinski definition) is 0. The Hall–Kier alpha value is -0.600. The number of allylic oxidation sites excluding steroid dienone is 4. The van der Waals surface area contributed by atoms with Crippen molar-refractivity contribution in [2.75, 3.05) is 13.6 Å². The van der Waals surface area contributed by atoms with E-state index in [0.717, 1.165) is 24.2 Å². The predicted octanol–water partition coefficient (Wildman–Crippen LogP) is 12.8. The predicted molar refractivity (Wildman–Crippen MR) is 203 cm³/mol. The average Bonchev–Trinajstić information content (AvgIpc) is 2.97. The highest BCUT2D eigenvalue weighted by atomic mass is 15.2.